The van der Waals surface area contributed by atoms with Crippen LogP contribution in [0.3, 0.4) is 0 Å². The number of esters is 1. The molecule has 136 valence electrons. The lowest BCUT2D eigenvalue weighted by atomic mass is 10.0. The normalized spacial score (nSPS) is 23.8. The number of fused-ring (bicyclic) bond motifs is 1. The number of rotatable bonds is 4. The number of para-hydroxylation sites is 1. The van der Waals surface area contributed by atoms with E-state index in [4.69, 9.17) is 14.2 Å². The fourth-order valence-corrected chi connectivity index (χ4v) is 3.37. The van der Waals surface area contributed by atoms with Gasteiger partial charge in [-0.05, 0) is 19.9 Å². The number of aliphatic hydroxyl groups excluding tert-OH is 1. The number of hydrogen-bond acceptors (Lipinski definition) is 6. The van der Waals surface area contributed by atoms with E-state index in [0.29, 0.717) is 11.5 Å². The van der Waals surface area contributed by atoms with Gasteiger partial charge in [0.25, 0.3) is 5.91 Å². The number of ether oxygens (including phenoxy) is 3. The van der Waals surface area contributed by atoms with Gasteiger partial charge in [0.15, 0.2) is 18.1 Å². The Morgan fingerprint density at radius 1 is 1.40 bits per heavy atom. The van der Waals surface area contributed by atoms with Crippen LogP contribution in [0, 0.1) is 0 Å². The van der Waals surface area contributed by atoms with Crippen molar-refractivity contribution in [3.05, 3.63) is 23.8 Å². The molecule has 7 nitrogen and oxygen atoms in total. The van der Waals surface area contributed by atoms with Crippen LogP contribution in [0.1, 0.15) is 25.8 Å². The predicted octanol–water partition coefficient (Wildman–Crippen LogP) is 0.914. The number of methoxy groups -OCH3 is 1. The van der Waals surface area contributed by atoms with Crippen LogP contribution < -0.4 is 9.47 Å². The number of benzene rings is 1. The summed E-state index contributed by atoms with van der Waals surface area (Å²) in [4.78, 5) is 25.6. The molecule has 2 atom stereocenters. The standard InChI is InChI=1S/C18H23NO6/c1-18(2)8-11-5-4-6-14(16(11)25-18)24-10-15(21)19-9-12(20)7-13(19)17(22)23-3/h4-6,12-13,20H,7-10H2,1-3H3/t12-,13-/m1/s1. The second-order valence-electron chi connectivity index (χ2n) is 7.05. The van der Waals surface area contributed by atoms with Crippen LogP contribution in [-0.4, -0.2) is 59.9 Å². The first kappa shape index (κ1) is 17.5. The quantitative estimate of drug-likeness (QED) is 0.814. The zero-order chi connectivity index (χ0) is 18.2. The van der Waals surface area contributed by atoms with Gasteiger partial charge in [-0.3, -0.25) is 4.79 Å². The first-order chi connectivity index (χ1) is 11.8. The summed E-state index contributed by atoms with van der Waals surface area (Å²) in [5, 5.41) is 9.77. The van der Waals surface area contributed by atoms with Gasteiger partial charge in [-0.15, -0.1) is 0 Å². The molecule has 0 saturated carbocycles. The lowest BCUT2D eigenvalue weighted by Crippen LogP contribution is -2.43. The van der Waals surface area contributed by atoms with Gasteiger partial charge in [-0.25, -0.2) is 4.79 Å². The van der Waals surface area contributed by atoms with E-state index in [1.165, 1.54) is 12.0 Å². The summed E-state index contributed by atoms with van der Waals surface area (Å²) >= 11 is 0. The molecule has 0 aliphatic carbocycles. The Hall–Kier alpha value is -2.28. The molecule has 25 heavy (non-hydrogen) atoms. The number of β-amino-alcohol motifs (C(OH)–C–C–N with tert-alkyl or cyclic N) is 1. The Kier molecular flexibility index (Phi) is 4.60. The highest BCUT2D eigenvalue weighted by Crippen LogP contribution is 2.41. The van der Waals surface area contributed by atoms with E-state index in [9.17, 15) is 14.7 Å². The summed E-state index contributed by atoms with van der Waals surface area (Å²) in [6, 6.07) is 4.82. The Balaban J connectivity index is 1.68. The Morgan fingerprint density at radius 3 is 2.88 bits per heavy atom. The average molecular weight is 349 g/mol. The molecule has 7 heteroatoms. The van der Waals surface area contributed by atoms with Crippen LogP contribution in [0.25, 0.3) is 0 Å². The molecule has 2 aliphatic rings. The molecule has 2 aliphatic heterocycles. The van der Waals surface area contributed by atoms with Crippen molar-refractivity contribution in [3.8, 4) is 11.5 Å². The minimum atomic E-state index is -0.771. The molecule has 1 fully saturated rings. The van der Waals surface area contributed by atoms with Gasteiger partial charge < -0.3 is 24.2 Å². The molecule has 0 unspecified atom stereocenters. The number of carbonyl (C=O) groups is 2. The van der Waals surface area contributed by atoms with Crippen molar-refractivity contribution in [2.45, 2.75) is 44.4 Å². The molecule has 0 aromatic heterocycles. The summed E-state index contributed by atoms with van der Waals surface area (Å²) in [5.74, 6) is 0.259. The second-order valence-corrected chi connectivity index (χ2v) is 7.05. The minimum Gasteiger partial charge on any atom is -0.483 e. The van der Waals surface area contributed by atoms with Gasteiger partial charge in [0.1, 0.15) is 11.6 Å². The van der Waals surface area contributed by atoms with E-state index in [1.807, 2.05) is 26.0 Å². The van der Waals surface area contributed by atoms with Crippen LogP contribution in [0.15, 0.2) is 18.2 Å². The van der Waals surface area contributed by atoms with Gasteiger partial charge in [-0.2, -0.15) is 0 Å². The van der Waals surface area contributed by atoms with Gasteiger partial charge in [0, 0.05) is 24.9 Å². The molecule has 0 spiro atoms. The smallest absolute Gasteiger partial charge is 0.328 e. The summed E-state index contributed by atoms with van der Waals surface area (Å²) < 4.78 is 16.3. The number of hydrogen-bond donors (Lipinski definition) is 1. The maximum atomic E-state index is 12.5. The maximum absolute atomic E-state index is 12.5. The fourth-order valence-electron chi connectivity index (χ4n) is 3.37. The van der Waals surface area contributed by atoms with Crippen LogP contribution in [-0.2, 0) is 20.7 Å². The van der Waals surface area contributed by atoms with Gasteiger partial charge in [0.2, 0.25) is 0 Å². The third-order valence-corrected chi connectivity index (χ3v) is 4.48. The molecule has 0 radical (unpaired) electrons. The van der Waals surface area contributed by atoms with E-state index in [-0.39, 0.29) is 31.1 Å². The summed E-state index contributed by atoms with van der Waals surface area (Å²) in [6.07, 6.45) is 0.213. The Morgan fingerprint density at radius 2 is 2.16 bits per heavy atom. The van der Waals surface area contributed by atoms with Gasteiger partial charge in [-0.1, -0.05) is 12.1 Å². The van der Waals surface area contributed by atoms with Crippen molar-refractivity contribution in [2.75, 3.05) is 20.3 Å². The summed E-state index contributed by atoms with van der Waals surface area (Å²) in [7, 11) is 1.26. The summed E-state index contributed by atoms with van der Waals surface area (Å²) in [5.41, 5.74) is 0.736. The van der Waals surface area contributed by atoms with Crippen molar-refractivity contribution in [1.29, 1.82) is 0 Å². The fraction of sp³-hybridized carbons (Fsp3) is 0.556. The van der Waals surface area contributed by atoms with E-state index in [2.05, 4.69) is 0 Å². The third kappa shape index (κ3) is 3.56. The first-order valence-electron chi connectivity index (χ1n) is 8.30. The highest BCUT2D eigenvalue weighted by atomic mass is 16.5. The Labute approximate surface area is 146 Å². The summed E-state index contributed by atoms with van der Waals surface area (Å²) in [6.45, 7) is 3.85. The van der Waals surface area contributed by atoms with Crippen LogP contribution in [0.5, 0.6) is 11.5 Å². The molecule has 3 rings (SSSR count). The zero-order valence-corrected chi connectivity index (χ0v) is 14.7. The Bertz CT molecular complexity index is 686. The molecule has 0 bridgehead atoms. The highest BCUT2D eigenvalue weighted by Gasteiger charge is 2.40. The van der Waals surface area contributed by atoms with Crippen molar-refractivity contribution >= 4 is 11.9 Å². The molecule has 1 saturated heterocycles. The van der Waals surface area contributed by atoms with E-state index >= 15 is 0 Å². The van der Waals surface area contributed by atoms with Crippen molar-refractivity contribution in [1.82, 2.24) is 4.90 Å². The van der Waals surface area contributed by atoms with E-state index < -0.39 is 18.1 Å². The average Bonchev–Trinajstić information content (AvgIpc) is 3.10. The molecule has 1 amide bonds. The third-order valence-electron chi connectivity index (χ3n) is 4.48. The van der Waals surface area contributed by atoms with E-state index in [0.717, 1.165) is 12.0 Å². The molecular formula is C18H23NO6. The van der Waals surface area contributed by atoms with Crippen LogP contribution in [0.4, 0.5) is 0 Å². The zero-order valence-electron chi connectivity index (χ0n) is 14.7. The highest BCUT2D eigenvalue weighted by molar-refractivity contribution is 5.86. The second kappa shape index (κ2) is 6.55. The topological polar surface area (TPSA) is 85.3 Å². The van der Waals surface area contributed by atoms with Gasteiger partial charge >= 0.3 is 5.97 Å². The molecule has 2 heterocycles. The van der Waals surface area contributed by atoms with Crippen molar-refractivity contribution in [3.63, 3.8) is 0 Å². The molecular weight excluding hydrogens is 326 g/mol. The molecule has 1 aromatic rings. The molecule has 1 aromatic carbocycles. The lowest BCUT2D eigenvalue weighted by Gasteiger charge is -2.23. The lowest BCUT2D eigenvalue weighted by molar-refractivity contribution is -0.151. The minimum absolute atomic E-state index is 0.0956. The first-order valence-corrected chi connectivity index (χ1v) is 8.30. The van der Waals surface area contributed by atoms with Crippen LogP contribution in [0.2, 0.25) is 0 Å². The maximum Gasteiger partial charge on any atom is 0.328 e. The predicted molar refractivity (Wildman–Crippen MR) is 88.5 cm³/mol. The number of nitrogens with zero attached hydrogens (tertiary/aromatic N) is 1. The SMILES string of the molecule is COC(=O)[C@H]1C[C@@H](O)CN1C(=O)COc1cccc2c1OC(C)(C)C2. The van der Waals surface area contributed by atoms with Gasteiger partial charge in [0.05, 0.1) is 13.2 Å². The van der Waals surface area contributed by atoms with Crippen molar-refractivity contribution < 1.29 is 28.9 Å². The van der Waals surface area contributed by atoms with E-state index in [1.54, 1.807) is 6.07 Å². The number of amides is 1. The van der Waals surface area contributed by atoms with Crippen molar-refractivity contribution in [2.24, 2.45) is 0 Å². The largest absolute Gasteiger partial charge is 0.483 e. The number of aliphatic hydroxyl groups is 1. The number of likely N-dealkylation sites (tertiary alicyclic amines) is 1. The van der Waals surface area contributed by atoms with Crippen LogP contribution >= 0.6 is 0 Å². The number of carbonyl (C=O) groups excluding carboxylic acids is 2. The monoisotopic (exact) mass is 349 g/mol. The molecule has 1 N–H and O–H groups in total.